The lowest BCUT2D eigenvalue weighted by atomic mass is 10.1. The van der Waals surface area contributed by atoms with Gasteiger partial charge in [-0.2, -0.15) is 0 Å². The summed E-state index contributed by atoms with van der Waals surface area (Å²) in [4.78, 5) is 12.6. The highest BCUT2D eigenvalue weighted by Crippen LogP contribution is 2.24. The first-order chi connectivity index (χ1) is 8.06. The fraction of sp³-hybridized carbons (Fsp3) is 0.500. The number of hydrogen-bond donors (Lipinski definition) is 1. The standard InChI is InChI=1S/C12H17N3O2/c1-9-4-5-14(7-9)8-10-6-11(15(16)17)2-3-12(10)13/h2-3,6,9H,4-5,7-8,13H2,1H3. The molecule has 1 aromatic rings. The SMILES string of the molecule is CC1CCN(Cc2cc([N+](=O)[O-])ccc2N)C1. The van der Waals surface area contributed by atoms with Crippen molar-refractivity contribution >= 4 is 11.4 Å². The maximum atomic E-state index is 10.7. The fourth-order valence-corrected chi connectivity index (χ4v) is 2.25. The van der Waals surface area contributed by atoms with Crippen molar-refractivity contribution in [3.05, 3.63) is 33.9 Å². The maximum absolute atomic E-state index is 10.7. The molecule has 1 aromatic carbocycles. The minimum atomic E-state index is -0.379. The molecule has 5 nitrogen and oxygen atoms in total. The van der Waals surface area contributed by atoms with E-state index in [2.05, 4.69) is 11.8 Å². The Morgan fingerprint density at radius 3 is 2.94 bits per heavy atom. The highest BCUT2D eigenvalue weighted by Gasteiger charge is 2.20. The van der Waals surface area contributed by atoms with Crippen molar-refractivity contribution < 1.29 is 4.92 Å². The van der Waals surface area contributed by atoms with Crippen LogP contribution in [0.2, 0.25) is 0 Å². The van der Waals surface area contributed by atoms with Gasteiger partial charge in [-0.1, -0.05) is 6.92 Å². The molecule has 1 atom stereocenters. The number of rotatable bonds is 3. The van der Waals surface area contributed by atoms with E-state index in [0.717, 1.165) is 18.7 Å². The summed E-state index contributed by atoms with van der Waals surface area (Å²) in [7, 11) is 0. The Hall–Kier alpha value is -1.62. The number of nitrogen functional groups attached to an aromatic ring is 1. The van der Waals surface area contributed by atoms with Gasteiger partial charge in [0, 0.05) is 30.9 Å². The van der Waals surface area contributed by atoms with Crippen molar-refractivity contribution in [2.45, 2.75) is 19.9 Å². The molecule has 2 N–H and O–H groups in total. The summed E-state index contributed by atoms with van der Waals surface area (Å²) in [5.41, 5.74) is 7.45. The van der Waals surface area contributed by atoms with Gasteiger partial charge in [-0.15, -0.1) is 0 Å². The third-order valence-electron chi connectivity index (χ3n) is 3.24. The van der Waals surface area contributed by atoms with Crippen LogP contribution in [0.1, 0.15) is 18.9 Å². The second kappa shape index (κ2) is 4.71. The predicted molar refractivity (Wildman–Crippen MR) is 66.6 cm³/mol. The number of benzene rings is 1. The molecule has 0 radical (unpaired) electrons. The number of nitrogens with zero attached hydrogens (tertiary/aromatic N) is 2. The van der Waals surface area contributed by atoms with Crippen LogP contribution in [0.15, 0.2) is 18.2 Å². The highest BCUT2D eigenvalue weighted by molar-refractivity contribution is 5.52. The van der Waals surface area contributed by atoms with E-state index in [1.165, 1.54) is 12.5 Å². The molecule has 0 amide bonds. The third-order valence-corrected chi connectivity index (χ3v) is 3.24. The van der Waals surface area contributed by atoms with Gasteiger partial charge in [-0.25, -0.2) is 0 Å². The highest BCUT2D eigenvalue weighted by atomic mass is 16.6. The first-order valence-electron chi connectivity index (χ1n) is 5.81. The van der Waals surface area contributed by atoms with E-state index in [4.69, 9.17) is 5.73 Å². The van der Waals surface area contributed by atoms with Gasteiger partial charge >= 0.3 is 0 Å². The molecule has 1 fully saturated rings. The fourth-order valence-electron chi connectivity index (χ4n) is 2.25. The summed E-state index contributed by atoms with van der Waals surface area (Å²) in [6, 6.07) is 4.65. The second-order valence-electron chi connectivity index (χ2n) is 4.77. The molecular formula is C12H17N3O2. The Morgan fingerprint density at radius 2 is 2.35 bits per heavy atom. The normalized spacial score (nSPS) is 20.6. The Labute approximate surface area is 100 Å². The average Bonchev–Trinajstić information content (AvgIpc) is 2.67. The third kappa shape index (κ3) is 2.74. The zero-order chi connectivity index (χ0) is 12.4. The summed E-state index contributed by atoms with van der Waals surface area (Å²) in [5, 5.41) is 10.7. The molecule has 2 rings (SSSR count). The van der Waals surface area contributed by atoms with Crippen LogP contribution in [0.25, 0.3) is 0 Å². The molecule has 1 aliphatic heterocycles. The molecule has 17 heavy (non-hydrogen) atoms. The van der Waals surface area contributed by atoms with Gasteiger partial charge in [0.1, 0.15) is 0 Å². The molecule has 1 aliphatic rings. The van der Waals surface area contributed by atoms with Crippen LogP contribution < -0.4 is 5.73 Å². The van der Waals surface area contributed by atoms with Gasteiger partial charge in [0.05, 0.1) is 4.92 Å². The van der Waals surface area contributed by atoms with Crippen molar-refractivity contribution in [1.29, 1.82) is 0 Å². The summed E-state index contributed by atoms with van der Waals surface area (Å²) in [6.07, 6.45) is 1.19. The minimum Gasteiger partial charge on any atom is -0.398 e. The van der Waals surface area contributed by atoms with Gasteiger partial charge in [0.15, 0.2) is 0 Å². The molecule has 1 unspecified atom stereocenters. The number of likely N-dealkylation sites (tertiary alicyclic amines) is 1. The zero-order valence-corrected chi connectivity index (χ0v) is 9.93. The molecule has 0 aliphatic carbocycles. The first kappa shape index (κ1) is 11.9. The van der Waals surface area contributed by atoms with Crippen LogP contribution in [0.5, 0.6) is 0 Å². The summed E-state index contributed by atoms with van der Waals surface area (Å²) in [5.74, 6) is 0.704. The van der Waals surface area contributed by atoms with E-state index in [0.29, 0.717) is 18.2 Å². The van der Waals surface area contributed by atoms with Crippen molar-refractivity contribution in [2.24, 2.45) is 5.92 Å². The molecule has 1 heterocycles. The lowest BCUT2D eigenvalue weighted by Crippen LogP contribution is -2.20. The minimum absolute atomic E-state index is 0.112. The molecule has 0 aromatic heterocycles. The smallest absolute Gasteiger partial charge is 0.269 e. The quantitative estimate of drug-likeness (QED) is 0.494. The van der Waals surface area contributed by atoms with Crippen LogP contribution in [-0.2, 0) is 6.54 Å². The number of nitrogens with two attached hydrogens (primary N) is 1. The molecule has 0 saturated carbocycles. The average molecular weight is 235 g/mol. The first-order valence-corrected chi connectivity index (χ1v) is 5.81. The summed E-state index contributed by atoms with van der Waals surface area (Å²) < 4.78 is 0. The van der Waals surface area contributed by atoms with Gasteiger partial charge in [-0.05, 0) is 30.5 Å². The van der Waals surface area contributed by atoms with Crippen LogP contribution in [0.3, 0.4) is 0 Å². The molecule has 0 bridgehead atoms. The van der Waals surface area contributed by atoms with Crippen molar-refractivity contribution in [3.63, 3.8) is 0 Å². The zero-order valence-electron chi connectivity index (χ0n) is 9.93. The van der Waals surface area contributed by atoms with E-state index in [9.17, 15) is 10.1 Å². The number of hydrogen-bond acceptors (Lipinski definition) is 4. The number of nitro groups is 1. The Kier molecular flexibility index (Phi) is 3.28. The Balaban J connectivity index is 2.14. The van der Waals surface area contributed by atoms with Crippen LogP contribution >= 0.6 is 0 Å². The van der Waals surface area contributed by atoms with Gasteiger partial charge in [0.25, 0.3) is 5.69 Å². The van der Waals surface area contributed by atoms with Gasteiger partial charge in [0.2, 0.25) is 0 Å². The molecule has 1 saturated heterocycles. The topological polar surface area (TPSA) is 72.4 Å². The molecule has 5 heteroatoms. The molecule has 92 valence electrons. The van der Waals surface area contributed by atoms with Crippen LogP contribution in [0.4, 0.5) is 11.4 Å². The lowest BCUT2D eigenvalue weighted by Gasteiger charge is -2.16. The number of anilines is 1. The van der Waals surface area contributed by atoms with E-state index in [1.54, 1.807) is 12.1 Å². The van der Waals surface area contributed by atoms with Crippen molar-refractivity contribution in [1.82, 2.24) is 4.90 Å². The van der Waals surface area contributed by atoms with Gasteiger partial charge < -0.3 is 5.73 Å². The summed E-state index contributed by atoms with van der Waals surface area (Å²) in [6.45, 7) is 5.01. The van der Waals surface area contributed by atoms with Gasteiger partial charge in [-0.3, -0.25) is 15.0 Å². The molecule has 0 spiro atoms. The molecular weight excluding hydrogens is 218 g/mol. The van der Waals surface area contributed by atoms with Crippen LogP contribution in [0, 0.1) is 16.0 Å². The Bertz CT molecular complexity index is 434. The van der Waals surface area contributed by atoms with Crippen molar-refractivity contribution in [3.8, 4) is 0 Å². The lowest BCUT2D eigenvalue weighted by molar-refractivity contribution is -0.384. The predicted octanol–water partition coefficient (Wildman–Crippen LogP) is 2.02. The van der Waals surface area contributed by atoms with E-state index < -0.39 is 0 Å². The number of nitro benzene ring substituents is 1. The largest absolute Gasteiger partial charge is 0.398 e. The maximum Gasteiger partial charge on any atom is 0.269 e. The van der Waals surface area contributed by atoms with E-state index >= 15 is 0 Å². The number of non-ortho nitro benzene ring substituents is 1. The second-order valence-corrected chi connectivity index (χ2v) is 4.77. The van der Waals surface area contributed by atoms with Crippen LogP contribution in [-0.4, -0.2) is 22.9 Å². The van der Waals surface area contributed by atoms with Crippen molar-refractivity contribution in [2.75, 3.05) is 18.8 Å². The van der Waals surface area contributed by atoms with E-state index in [1.807, 2.05) is 0 Å². The van der Waals surface area contributed by atoms with E-state index in [-0.39, 0.29) is 10.6 Å². The monoisotopic (exact) mass is 235 g/mol. The summed E-state index contributed by atoms with van der Waals surface area (Å²) >= 11 is 0. The Morgan fingerprint density at radius 1 is 1.59 bits per heavy atom.